The van der Waals surface area contributed by atoms with Gasteiger partial charge in [-0.15, -0.1) is 0 Å². The van der Waals surface area contributed by atoms with E-state index in [2.05, 4.69) is 6.92 Å². The van der Waals surface area contributed by atoms with Crippen LogP contribution in [0.1, 0.15) is 39.0 Å². The summed E-state index contributed by atoms with van der Waals surface area (Å²) in [5.41, 5.74) is 0. The van der Waals surface area contributed by atoms with Crippen molar-refractivity contribution in [2.45, 2.75) is 39.0 Å². The molecule has 3 nitrogen and oxygen atoms in total. The Balaban J connectivity index is 0. The zero-order valence-corrected chi connectivity index (χ0v) is 10.4. The smallest absolute Gasteiger partial charge is 0.550 e. The van der Waals surface area contributed by atoms with Crippen LogP contribution in [-0.4, -0.2) is 11.1 Å². The standard InChI is InChI=1S/C9H16O3.Na/c1-2-3-4-5-8(10)6-7-9(11)12;/h5,10H,2-4,6-7H2,1H3,(H,11,12);/q;+1/p-1. The number of carboxylic acid groups (broad SMARTS) is 1. The van der Waals surface area contributed by atoms with Crippen molar-refractivity contribution in [3.8, 4) is 0 Å². The third kappa shape index (κ3) is 12.0. The van der Waals surface area contributed by atoms with E-state index in [1.165, 1.54) is 0 Å². The van der Waals surface area contributed by atoms with E-state index in [1.54, 1.807) is 6.08 Å². The molecular weight excluding hydrogens is 179 g/mol. The van der Waals surface area contributed by atoms with Crippen molar-refractivity contribution >= 4 is 5.97 Å². The summed E-state index contributed by atoms with van der Waals surface area (Å²) in [5.74, 6) is -0.960. The van der Waals surface area contributed by atoms with Crippen molar-refractivity contribution in [1.29, 1.82) is 0 Å². The van der Waals surface area contributed by atoms with E-state index in [9.17, 15) is 9.90 Å². The zero-order valence-electron chi connectivity index (χ0n) is 8.38. The van der Waals surface area contributed by atoms with E-state index in [-0.39, 0.29) is 48.2 Å². The van der Waals surface area contributed by atoms with Gasteiger partial charge in [0.25, 0.3) is 0 Å². The Morgan fingerprint density at radius 1 is 1.46 bits per heavy atom. The quantitative estimate of drug-likeness (QED) is 0.307. The fraction of sp³-hybridized carbons (Fsp3) is 0.667. The number of hydrogen-bond acceptors (Lipinski definition) is 3. The topological polar surface area (TPSA) is 60.4 Å². The number of allylic oxidation sites excluding steroid dienone is 2. The van der Waals surface area contributed by atoms with Crippen LogP contribution >= 0.6 is 0 Å². The predicted molar refractivity (Wildman–Crippen MR) is 44.5 cm³/mol. The summed E-state index contributed by atoms with van der Waals surface area (Å²) >= 11 is 0. The third-order valence-electron chi connectivity index (χ3n) is 1.52. The molecule has 0 amide bonds. The molecule has 0 aromatic heterocycles. The van der Waals surface area contributed by atoms with Crippen LogP contribution in [0.25, 0.3) is 0 Å². The molecule has 0 rings (SSSR count). The first-order chi connectivity index (χ1) is 5.66. The van der Waals surface area contributed by atoms with E-state index in [0.717, 1.165) is 19.3 Å². The maximum atomic E-state index is 9.98. The Morgan fingerprint density at radius 3 is 2.54 bits per heavy atom. The molecule has 0 bridgehead atoms. The van der Waals surface area contributed by atoms with Crippen LogP contribution in [0.15, 0.2) is 11.8 Å². The molecule has 0 atom stereocenters. The molecule has 70 valence electrons. The summed E-state index contributed by atoms with van der Waals surface area (Å²) < 4.78 is 0. The second-order valence-corrected chi connectivity index (χ2v) is 2.71. The molecule has 0 radical (unpaired) electrons. The molecule has 4 heteroatoms. The number of aliphatic hydroxyl groups excluding tert-OH is 1. The van der Waals surface area contributed by atoms with Gasteiger partial charge in [-0.05, 0) is 25.3 Å². The SMILES string of the molecule is CCCCC=C(O)CCC(=O)[O-].[Na+]. The van der Waals surface area contributed by atoms with Gasteiger partial charge in [-0.1, -0.05) is 13.3 Å². The Morgan fingerprint density at radius 2 is 2.08 bits per heavy atom. The van der Waals surface area contributed by atoms with E-state index in [1.807, 2.05) is 0 Å². The molecule has 0 spiro atoms. The van der Waals surface area contributed by atoms with Gasteiger partial charge in [0.1, 0.15) is 0 Å². The molecule has 0 aliphatic heterocycles. The first-order valence-electron chi connectivity index (χ1n) is 4.24. The monoisotopic (exact) mass is 194 g/mol. The number of carbonyl (C=O) groups is 1. The molecule has 0 aliphatic rings. The van der Waals surface area contributed by atoms with Crippen LogP contribution in [-0.2, 0) is 4.79 Å². The van der Waals surface area contributed by atoms with Gasteiger partial charge >= 0.3 is 29.6 Å². The van der Waals surface area contributed by atoms with Crippen molar-refractivity contribution in [3.63, 3.8) is 0 Å². The number of aliphatic hydroxyl groups is 1. The number of carbonyl (C=O) groups excluding carboxylic acids is 1. The molecule has 0 saturated heterocycles. The molecule has 0 aliphatic carbocycles. The first kappa shape index (κ1) is 15.5. The van der Waals surface area contributed by atoms with Gasteiger partial charge in [0, 0.05) is 12.4 Å². The molecule has 0 fully saturated rings. The average Bonchev–Trinajstić information content (AvgIpc) is 2.01. The number of carboxylic acids is 1. The molecule has 0 aromatic carbocycles. The first-order valence-corrected chi connectivity index (χ1v) is 4.24. The summed E-state index contributed by atoms with van der Waals surface area (Å²) in [5, 5.41) is 19.1. The summed E-state index contributed by atoms with van der Waals surface area (Å²) in [7, 11) is 0. The van der Waals surface area contributed by atoms with E-state index >= 15 is 0 Å². The van der Waals surface area contributed by atoms with E-state index < -0.39 is 5.97 Å². The summed E-state index contributed by atoms with van der Waals surface area (Å²) in [6.07, 6.45) is 4.67. The summed E-state index contributed by atoms with van der Waals surface area (Å²) in [4.78, 5) is 9.98. The van der Waals surface area contributed by atoms with E-state index in [4.69, 9.17) is 5.11 Å². The molecule has 0 saturated carbocycles. The summed E-state index contributed by atoms with van der Waals surface area (Å²) in [6.45, 7) is 2.06. The molecule has 0 unspecified atom stereocenters. The van der Waals surface area contributed by atoms with Crippen LogP contribution < -0.4 is 34.7 Å². The van der Waals surface area contributed by atoms with Gasteiger partial charge in [-0.2, -0.15) is 0 Å². The average molecular weight is 194 g/mol. The predicted octanol–water partition coefficient (Wildman–Crippen LogP) is -1.85. The van der Waals surface area contributed by atoms with Crippen LogP contribution in [0, 0.1) is 0 Å². The molecular formula is C9H15NaO3. The maximum absolute atomic E-state index is 9.98. The minimum Gasteiger partial charge on any atom is -0.550 e. The van der Waals surface area contributed by atoms with Crippen LogP contribution in [0.5, 0.6) is 0 Å². The van der Waals surface area contributed by atoms with Crippen molar-refractivity contribution in [1.82, 2.24) is 0 Å². The number of hydrogen-bond donors (Lipinski definition) is 1. The molecule has 0 heterocycles. The largest absolute Gasteiger partial charge is 1.00 e. The van der Waals surface area contributed by atoms with Crippen molar-refractivity contribution < 1.29 is 44.6 Å². The maximum Gasteiger partial charge on any atom is 1.00 e. The number of aliphatic carboxylic acids is 1. The Hall–Kier alpha value is 0.0100. The third-order valence-corrected chi connectivity index (χ3v) is 1.52. The molecule has 13 heavy (non-hydrogen) atoms. The Bertz CT molecular complexity index is 166. The minimum absolute atomic E-state index is 0. The van der Waals surface area contributed by atoms with Gasteiger partial charge in [-0.3, -0.25) is 0 Å². The second-order valence-electron chi connectivity index (χ2n) is 2.71. The Labute approximate surface area is 101 Å². The van der Waals surface area contributed by atoms with E-state index in [0.29, 0.717) is 0 Å². The van der Waals surface area contributed by atoms with Crippen LogP contribution in [0.3, 0.4) is 0 Å². The minimum atomic E-state index is -1.12. The molecule has 0 aromatic rings. The second kappa shape index (κ2) is 10.1. The van der Waals surface area contributed by atoms with Crippen molar-refractivity contribution in [2.75, 3.05) is 0 Å². The zero-order chi connectivity index (χ0) is 9.40. The summed E-state index contributed by atoms with van der Waals surface area (Å²) in [6, 6.07) is 0. The fourth-order valence-corrected chi connectivity index (χ4v) is 0.805. The van der Waals surface area contributed by atoms with Gasteiger partial charge in [0.05, 0.1) is 5.76 Å². The number of unbranched alkanes of at least 4 members (excludes halogenated alkanes) is 2. The van der Waals surface area contributed by atoms with Gasteiger partial charge in [0.15, 0.2) is 0 Å². The van der Waals surface area contributed by atoms with Gasteiger partial charge in [0.2, 0.25) is 0 Å². The van der Waals surface area contributed by atoms with Gasteiger partial charge < -0.3 is 15.0 Å². The van der Waals surface area contributed by atoms with Crippen LogP contribution in [0.4, 0.5) is 0 Å². The van der Waals surface area contributed by atoms with Crippen LogP contribution in [0.2, 0.25) is 0 Å². The van der Waals surface area contributed by atoms with Crippen molar-refractivity contribution in [2.24, 2.45) is 0 Å². The van der Waals surface area contributed by atoms with Crippen molar-refractivity contribution in [3.05, 3.63) is 11.8 Å². The number of rotatable bonds is 6. The fourth-order valence-electron chi connectivity index (χ4n) is 0.805. The molecule has 1 N–H and O–H groups in total. The van der Waals surface area contributed by atoms with Gasteiger partial charge in [-0.25, -0.2) is 0 Å². The normalized spacial score (nSPS) is 10.7. The Kier molecular flexibility index (Phi) is 12.0.